The van der Waals surface area contributed by atoms with Crippen LogP contribution in [0.25, 0.3) is 0 Å². The molecule has 1 heterocycles. The number of hydrogen-bond acceptors (Lipinski definition) is 4. The minimum atomic E-state index is -0.736. The zero-order valence-corrected chi connectivity index (χ0v) is 9.87. The highest BCUT2D eigenvalue weighted by Crippen LogP contribution is 2.21. The first kappa shape index (κ1) is 12.3. The number of nitro groups is 1. The summed E-state index contributed by atoms with van der Waals surface area (Å²) in [6.45, 7) is 1.81. The lowest BCUT2D eigenvalue weighted by molar-refractivity contribution is -0.384. The van der Waals surface area contributed by atoms with Crippen LogP contribution in [-0.2, 0) is 6.42 Å². The van der Waals surface area contributed by atoms with Gasteiger partial charge in [-0.2, -0.15) is 0 Å². The zero-order chi connectivity index (χ0) is 13.1. The zero-order valence-electron chi connectivity index (χ0n) is 9.87. The number of hydrogen-bond donors (Lipinski definition) is 1. The topological polar surface area (TPSA) is 76.5 Å². The second-order valence-electron chi connectivity index (χ2n) is 4.09. The Morgan fingerprint density at radius 2 is 1.94 bits per heavy atom. The van der Waals surface area contributed by atoms with Gasteiger partial charge in [0.2, 0.25) is 0 Å². The van der Waals surface area contributed by atoms with Crippen LogP contribution in [0, 0.1) is 17.0 Å². The number of furan rings is 1. The second-order valence-corrected chi connectivity index (χ2v) is 4.09. The Bertz CT molecular complexity index is 544. The summed E-state index contributed by atoms with van der Waals surface area (Å²) in [5.74, 6) is 1.25. The highest BCUT2D eigenvalue weighted by molar-refractivity contribution is 5.33. The molecule has 5 heteroatoms. The quantitative estimate of drug-likeness (QED) is 0.665. The second kappa shape index (κ2) is 5.01. The molecule has 0 saturated carbocycles. The Kier molecular flexibility index (Phi) is 3.43. The van der Waals surface area contributed by atoms with E-state index in [1.165, 1.54) is 12.1 Å². The fourth-order valence-electron chi connectivity index (χ4n) is 1.71. The largest absolute Gasteiger partial charge is 0.464 e. The monoisotopic (exact) mass is 247 g/mol. The van der Waals surface area contributed by atoms with Crippen molar-refractivity contribution in [2.75, 3.05) is 0 Å². The van der Waals surface area contributed by atoms with Crippen molar-refractivity contribution in [1.29, 1.82) is 0 Å². The van der Waals surface area contributed by atoms with Gasteiger partial charge < -0.3 is 9.52 Å². The molecule has 18 heavy (non-hydrogen) atoms. The van der Waals surface area contributed by atoms with Crippen molar-refractivity contribution in [3.63, 3.8) is 0 Å². The molecule has 1 unspecified atom stereocenters. The average Bonchev–Trinajstić information content (AvgIpc) is 2.76. The van der Waals surface area contributed by atoms with Crippen molar-refractivity contribution < 1.29 is 14.4 Å². The van der Waals surface area contributed by atoms with Crippen molar-refractivity contribution in [3.8, 4) is 0 Å². The van der Waals surface area contributed by atoms with E-state index in [2.05, 4.69) is 0 Å². The van der Waals surface area contributed by atoms with Gasteiger partial charge in [-0.3, -0.25) is 10.1 Å². The number of rotatable bonds is 4. The van der Waals surface area contributed by atoms with Crippen LogP contribution in [0.15, 0.2) is 40.8 Å². The molecule has 2 rings (SSSR count). The van der Waals surface area contributed by atoms with Gasteiger partial charge in [0.15, 0.2) is 0 Å². The molecule has 0 radical (unpaired) electrons. The maximum absolute atomic E-state index is 10.5. The molecular weight excluding hydrogens is 234 g/mol. The number of nitrogens with zero attached hydrogens (tertiary/aromatic N) is 1. The van der Waals surface area contributed by atoms with Crippen molar-refractivity contribution in [2.24, 2.45) is 0 Å². The van der Waals surface area contributed by atoms with E-state index in [9.17, 15) is 15.2 Å². The fraction of sp³-hybridized carbons (Fsp3) is 0.231. The van der Waals surface area contributed by atoms with Gasteiger partial charge in [-0.1, -0.05) is 12.1 Å². The Balaban J connectivity index is 2.07. The predicted octanol–water partition coefficient (Wildman–Crippen LogP) is 2.77. The number of benzene rings is 1. The molecule has 1 aromatic heterocycles. The van der Waals surface area contributed by atoms with E-state index in [0.29, 0.717) is 12.2 Å². The summed E-state index contributed by atoms with van der Waals surface area (Å²) < 4.78 is 5.32. The van der Waals surface area contributed by atoms with Crippen LogP contribution >= 0.6 is 0 Å². The van der Waals surface area contributed by atoms with Gasteiger partial charge >= 0.3 is 0 Å². The molecular formula is C13H13NO4. The molecule has 0 fully saturated rings. The molecule has 1 N–H and O–H groups in total. The van der Waals surface area contributed by atoms with Crippen LogP contribution in [0.5, 0.6) is 0 Å². The molecule has 0 bridgehead atoms. The first-order valence-corrected chi connectivity index (χ1v) is 5.54. The van der Waals surface area contributed by atoms with Crippen molar-refractivity contribution in [1.82, 2.24) is 0 Å². The first-order valence-electron chi connectivity index (χ1n) is 5.54. The Hall–Kier alpha value is -2.14. The van der Waals surface area contributed by atoms with E-state index >= 15 is 0 Å². The van der Waals surface area contributed by atoms with E-state index in [1.807, 2.05) is 6.92 Å². The Labute approximate surface area is 104 Å². The van der Waals surface area contributed by atoms with E-state index in [4.69, 9.17) is 4.42 Å². The molecule has 1 atom stereocenters. The Morgan fingerprint density at radius 1 is 1.28 bits per heavy atom. The maximum Gasteiger partial charge on any atom is 0.269 e. The molecule has 5 nitrogen and oxygen atoms in total. The molecule has 0 aliphatic heterocycles. The van der Waals surface area contributed by atoms with E-state index < -0.39 is 11.0 Å². The third-order valence-electron chi connectivity index (χ3n) is 2.67. The van der Waals surface area contributed by atoms with Crippen LogP contribution in [-0.4, -0.2) is 10.0 Å². The minimum Gasteiger partial charge on any atom is -0.464 e. The summed E-state index contributed by atoms with van der Waals surface area (Å²) in [6.07, 6.45) is -0.370. The lowest BCUT2D eigenvalue weighted by Crippen LogP contribution is -2.00. The van der Waals surface area contributed by atoms with Crippen molar-refractivity contribution >= 4 is 5.69 Å². The van der Waals surface area contributed by atoms with Gasteiger partial charge in [-0.25, -0.2) is 0 Å². The van der Waals surface area contributed by atoms with Crippen molar-refractivity contribution in [3.05, 3.63) is 63.6 Å². The normalized spacial score (nSPS) is 12.3. The summed E-state index contributed by atoms with van der Waals surface area (Å²) in [5, 5.41) is 20.4. The molecule has 94 valence electrons. The minimum absolute atomic E-state index is 0.0436. The fourth-order valence-corrected chi connectivity index (χ4v) is 1.71. The summed E-state index contributed by atoms with van der Waals surface area (Å²) in [5.41, 5.74) is 0.865. The third kappa shape index (κ3) is 2.75. The number of aryl methyl sites for hydroxylation is 1. The third-order valence-corrected chi connectivity index (χ3v) is 2.67. The smallest absolute Gasteiger partial charge is 0.269 e. The number of aliphatic hydroxyl groups excluding tert-OH is 1. The number of nitro benzene ring substituents is 1. The van der Waals surface area contributed by atoms with Crippen LogP contribution in [0.2, 0.25) is 0 Å². The Morgan fingerprint density at radius 3 is 2.44 bits per heavy atom. The van der Waals surface area contributed by atoms with Gasteiger partial charge in [0.25, 0.3) is 5.69 Å². The van der Waals surface area contributed by atoms with E-state index in [-0.39, 0.29) is 5.69 Å². The number of aliphatic hydroxyl groups is 1. The molecule has 0 saturated heterocycles. The lowest BCUT2D eigenvalue weighted by Gasteiger charge is -2.07. The van der Waals surface area contributed by atoms with E-state index in [1.54, 1.807) is 24.3 Å². The van der Waals surface area contributed by atoms with Gasteiger partial charge in [0.1, 0.15) is 17.6 Å². The van der Waals surface area contributed by atoms with Crippen molar-refractivity contribution in [2.45, 2.75) is 19.4 Å². The van der Waals surface area contributed by atoms with Gasteiger partial charge in [0.05, 0.1) is 4.92 Å². The van der Waals surface area contributed by atoms with Gasteiger partial charge in [-0.05, 0) is 24.6 Å². The number of non-ortho nitro benzene ring substituents is 1. The summed E-state index contributed by atoms with van der Waals surface area (Å²) in [7, 11) is 0. The highest BCUT2D eigenvalue weighted by atomic mass is 16.6. The summed E-state index contributed by atoms with van der Waals surface area (Å²) >= 11 is 0. The molecule has 0 amide bonds. The highest BCUT2D eigenvalue weighted by Gasteiger charge is 2.13. The van der Waals surface area contributed by atoms with Crippen LogP contribution in [0.4, 0.5) is 5.69 Å². The summed E-state index contributed by atoms with van der Waals surface area (Å²) in [4.78, 5) is 10.1. The molecule has 0 aliphatic rings. The van der Waals surface area contributed by atoms with Gasteiger partial charge in [-0.15, -0.1) is 0 Å². The molecule has 0 aliphatic carbocycles. The predicted molar refractivity (Wildman–Crippen MR) is 65.2 cm³/mol. The average molecular weight is 247 g/mol. The molecule has 1 aromatic carbocycles. The summed E-state index contributed by atoms with van der Waals surface area (Å²) in [6, 6.07) is 9.64. The van der Waals surface area contributed by atoms with Gasteiger partial charge in [0, 0.05) is 18.6 Å². The lowest BCUT2D eigenvalue weighted by atomic mass is 10.1. The maximum atomic E-state index is 10.5. The first-order chi connectivity index (χ1) is 8.56. The standard InChI is InChI=1S/C13H13NO4/c1-9-2-7-13(18-9)12(15)8-10-3-5-11(6-4-10)14(16)17/h2-7,12,15H,8H2,1H3. The SMILES string of the molecule is Cc1ccc(C(O)Cc2ccc([N+](=O)[O-])cc2)o1. The molecule has 0 spiro atoms. The van der Waals surface area contributed by atoms with Crippen LogP contribution in [0.3, 0.4) is 0 Å². The van der Waals surface area contributed by atoms with Crippen LogP contribution in [0.1, 0.15) is 23.2 Å². The van der Waals surface area contributed by atoms with E-state index in [0.717, 1.165) is 11.3 Å². The van der Waals surface area contributed by atoms with Crippen LogP contribution < -0.4 is 0 Å². The molecule has 2 aromatic rings.